The first-order chi connectivity index (χ1) is 11.7. The average molecular weight is 325 g/mol. The summed E-state index contributed by atoms with van der Waals surface area (Å²) in [5, 5.41) is 8.78. The highest BCUT2D eigenvalue weighted by Crippen LogP contribution is 2.31. The van der Waals surface area contributed by atoms with Gasteiger partial charge in [0.25, 0.3) is 0 Å². The van der Waals surface area contributed by atoms with E-state index in [1.807, 2.05) is 12.3 Å². The molecule has 0 radical (unpaired) electrons. The minimum absolute atomic E-state index is 0.293. The number of fused-ring (bicyclic) bond motifs is 1. The number of nitrogens with zero attached hydrogens (tertiary/aromatic N) is 4. The van der Waals surface area contributed by atoms with E-state index in [0.29, 0.717) is 12.0 Å². The van der Waals surface area contributed by atoms with E-state index in [0.717, 1.165) is 55.9 Å². The monoisotopic (exact) mass is 325 g/mol. The first kappa shape index (κ1) is 16.9. The van der Waals surface area contributed by atoms with Crippen LogP contribution in [0.15, 0.2) is 18.3 Å². The predicted octanol–water partition coefficient (Wildman–Crippen LogP) is 2.41. The summed E-state index contributed by atoms with van der Waals surface area (Å²) in [5.41, 5.74) is 7.99. The van der Waals surface area contributed by atoms with Crippen molar-refractivity contribution in [2.24, 2.45) is 5.73 Å². The molecule has 128 valence electrons. The summed E-state index contributed by atoms with van der Waals surface area (Å²) in [5.74, 6) is 7.95. The Morgan fingerprint density at radius 1 is 1.29 bits per heavy atom. The van der Waals surface area contributed by atoms with Gasteiger partial charge in [-0.05, 0) is 44.5 Å². The highest BCUT2D eigenvalue weighted by Gasteiger charge is 2.24. The van der Waals surface area contributed by atoms with Crippen molar-refractivity contribution < 1.29 is 0 Å². The van der Waals surface area contributed by atoms with Gasteiger partial charge in [-0.15, -0.1) is 10.2 Å². The molecule has 2 aromatic heterocycles. The van der Waals surface area contributed by atoms with E-state index in [9.17, 15) is 0 Å². The summed E-state index contributed by atoms with van der Waals surface area (Å²) in [6.07, 6.45) is 6.51. The van der Waals surface area contributed by atoms with E-state index in [1.54, 1.807) is 0 Å². The average Bonchev–Trinajstić information content (AvgIpc) is 3.02. The van der Waals surface area contributed by atoms with Crippen LogP contribution in [0.1, 0.15) is 56.8 Å². The maximum atomic E-state index is 6.12. The zero-order valence-electron chi connectivity index (χ0n) is 14.7. The smallest absolute Gasteiger partial charge is 0.162 e. The molecule has 0 bridgehead atoms. The second kappa shape index (κ2) is 7.78. The first-order valence-electron chi connectivity index (χ1n) is 9.02. The van der Waals surface area contributed by atoms with Gasteiger partial charge in [0.05, 0.1) is 6.54 Å². The summed E-state index contributed by atoms with van der Waals surface area (Å²) in [6, 6.07) is 4.37. The summed E-state index contributed by atoms with van der Waals surface area (Å²) >= 11 is 0. The number of hydrogen-bond donors (Lipinski definition) is 1. The molecule has 5 nitrogen and oxygen atoms in total. The third-order valence-electron chi connectivity index (χ3n) is 4.95. The molecule has 0 aliphatic heterocycles. The molecule has 2 atom stereocenters. The summed E-state index contributed by atoms with van der Waals surface area (Å²) in [4.78, 5) is 2.30. The Labute approximate surface area is 144 Å². The minimum Gasteiger partial charge on any atom is -0.328 e. The first-order valence-corrected chi connectivity index (χ1v) is 9.02. The van der Waals surface area contributed by atoms with Gasteiger partial charge in [-0.3, -0.25) is 9.30 Å². The molecular weight excluding hydrogens is 298 g/mol. The molecule has 3 rings (SSSR count). The van der Waals surface area contributed by atoms with Crippen molar-refractivity contribution in [1.29, 1.82) is 0 Å². The highest BCUT2D eigenvalue weighted by molar-refractivity contribution is 5.47. The summed E-state index contributed by atoms with van der Waals surface area (Å²) in [6.45, 7) is 7.18. The second-order valence-electron chi connectivity index (χ2n) is 6.59. The molecule has 0 unspecified atom stereocenters. The Morgan fingerprint density at radius 3 is 2.88 bits per heavy atom. The van der Waals surface area contributed by atoms with Gasteiger partial charge in [-0.25, -0.2) is 0 Å². The van der Waals surface area contributed by atoms with Crippen molar-refractivity contribution in [3.63, 3.8) is 0 Å². The fourth-order valence-electron chi connectivity index (χ4n) is 3.43. The molecule has 1 saturated carbocycles. The molecular formula is C19H27N5. The van der Waals surface area contributed by atoms with Crippen LogP contribution in [0.5, 0.6) is 0 Å². The van der Waals surface area contributed by atoms with Gasteiger partial charge in [0.1, 0.15) is 5.82 Å². The van der Waals surface area contributed by atoms with Gasteiger partial charge >= 0.3 is 0 Å². The van der Waals surface area contributed by atoms with Crippen LogP contribution in [0, 0.1) is 11.8 Å². The van der Waals surface area contributed by atoms with Gasteiger partial charge in [0.15, 0.2) is 5.65 Å². The van der Waals surface area contributed by atoms with Gasteiger partial charge in [-0.1, -0.05) is 32.1 Å². The van der Waals surface area contributed by atoms with Crippen LogP contribution in [0.25, 0.3) is 5.65 Å². The van der Waals surface area contributed by atoms with Gasteiger partial charge in [0.2, 0.25) is 0 Å². The topological polar surface area (TPSA) is 59.5 Å². The summed E-state index contributed by atoms with van der Waals surface area (Å²) < 4.78 is 2.10. The molecule has 0 amide bonds. The third kappa shape index (κ3) is 3.77. The maximum Gasteiger partial charge on any atom is 0.162 e. The number of aromatic nitrogens is 3. The molecule has 5 heteroatoms. The predicted molar refractivity (Wildman–Crippen MR) is 96.8 cm³/mol. The molecule has 1 aliphatic rings. The van der Waals surface area contributed by atoms with Gasteiger partial charge in [0, 0.05) is 23.7 Å². The zero-order valence-corrected chi connectivity index (χ0v) is 14.7. The lowest BCUT2D eigenvalue weighted by molar-refractivity contribution is 0.342. The molecule has 1 aliphatic carbocycles. The van der Waals surface area contributed by atoms with Crippen LogP contribution in [-0.2, 0) is 0 Å². The van der Waals surface area contributed by atoms with E-state index in [-0.39, 0.29) is 0 Å². The lowest BCUT2D eigenvalue weighted by Gasteiger charge is -2.25. The van der Waals surface area contributed by atoms with E-state index in [2.05, 4.69) is 51.3 Å². The number of pyridine rings is 1. The molecule has 0 saturated heterocycles. The Balaban J connectivity index is 1.77. The fraction of sp³-hybridized carbons (Fsp3) is 0.579. The molecule has 2 heterocycles. The minimum atomic E-state index is 0.293. The Bertz CT molecular complexity index is 735. The summed E-state index contributed by atoms with van der Waals surface area (Å²) in [7, 11) is 0. The van der Waals surface area contributed by atoms with Crippen molar-refractivity contribution in [3.05, 3.63) is 29.7 Å². The SMILES string of the molecule is CCN(CC)CC#Cc1ccn2c([C@H]3CCC[C@@H](N)C3)nnc2c1. The van der Waals surface area contributed by atoms with Crippen LogP contribution in [0.2, 0.25) is 0 Å². The Kier molecular flexibility index (Phi) is 5.49. The Hall–Kier alpha value is -1.90. The van der Waals surface area contributed by atoms with E-state index < -0.39 is 0 Å². The van der Waals surface area contributed by atoms with Crippen LogP contribution in [0.3, 0.4) is 0 Å². The quantitative estimate of drug-likeness (QED) is 0.877. The number of rotatable bonds is 4. The van der Waals surface area contributed by atoms with Crippen LogP contribution >= 0.6 is 0 Å². The molecule has 24 heavy (non-hydrogen) atoms. The standard InChI is InChI=1S/C19H27N5/c1-3-23(4-2)11-6-7-15-10-12-24-18(13-15)21-22-19(24)16-8-5-9-17(20)14-16/h10,12-13,16-17H,3-5,8-9,11,14,20H2,1-2H3/t16-,17+/m0/s1. The molecule has 1 fully saturated rings. The maximum absolute atomic E-state index is 6.12. The second-order valence-corrected chi connectivity index (χ2v) is 6.59. The van der Waals surface area contributed by atoms with E-state index in [4.69, 9.17) is 5.73 Å². The van der Waals surface area contributed by atoms with Crippen molar-refractivity contribution in [3.8, 4) is 11.8 Å². The van der Waals surface area contributed by atoms with Crippen LogP contribution < -0.4 is 5.73 Å². The molecule has 2 N–H and O–H groups in total. The normalized spacial score (nSPS) is 21.0. The largest absolute Gasteiger partial charge is 0.328 e. The van der Waals surface area contributed by atoms with Crippen LogP contribution in [-0.4, -0.2) is 45.2 Å². The zero-order chi connectivity index (χ0) is 16.9. The van der Waals surface area contributed by atoms with Crippen molar-refractivity contribution in [1.82, 2.24) is 19.5 Å². The van der Waals surface area contributed by atoms with Gasteiger partial charge in [-0.2, -0.15) is 0 Å². The molecule has 0 spiro atoms. The lowest BCUT2D eigenvalue weighted by atomic mass is 9.85. The number of nitrogens with two attached hydrogens (primary N) is 1. The van der Waals surface area contributed by atoms with Gasteiger partial charge < -0.3 is 5.73 Å². The van der Waals surface area contributed by atoms with Crippen molar-refractivity contribution >= 4 is 5.65 Å². The van der Waals surface area contributed by atoms with Crippen molar-refractivity contribution in [2.75, 3.05) is 19.6 Å². The number of hydrogen-bond acceptors (Lipinski definition) is 4. The molecule has 2 aromatic rings. The Morgan fingerprint density at radius 2 is 2.12 bits per heavy atom. The van der Waals surface area contributed by atoms with E-state index in [1.165, 1.54) is 6.42 Å². The van der Waals surface area contributed by atoms with Crippen LogP contribution in [0.4, 0.5) is 0 Å². The molecule has 0 aromatic carbocycles. The highest BCUT2D eigenvalue weighted by atomic mass is 15.2. The third-order valence-corrected chi connectivity index (χ3v) is 4.95. The van der Waals surface area contributed by atoms with Crippen molar-refractivity contribution in [2.45, 2.75) is 51.5 Å². The fourth-order valence-corrected chi connectivity index (χ4v) is 3.43. The lowest BCUT2D eigenvalue weighted by Crippen LogP contribution is -2.27. The van der Waals surface area contributed by atoms with E-state index >= 15 is 0 Å².